The van der Waals surface area contributed by atoms with Crippen LogP contribution >= 0.6 is 0 Å². The van der Waals surface area contributed by atoms with Gasteiger partial charge in [0.1, 0.15) is 0 Å². The predicted octanol–water partition coefficient (Wildman–Crippen LogP) is 2.06. The van der Waals surface area contributed by atoms with Gasteiger partial charge in [-0.2, -0.15) is 0 Å². The van der Waals surface area contributed by atoms with Gasteiger partial charge in [0.2, 0.25) is 5.91 Å². The Morgan fingerprint density at radius 2 is 2.17 bits per heavy atom. The van der Waals surface area contributed by atoms with Gasteiger partial charge < -0.3 is 5.32 Å². The number of rotatable bonds is 1. The monoisotopic (exact) mass is 162 g/mol. The van der Waals surface area contributed by atoms with Crippen molar-refractivity contribution in [2.24, 2.45) is 0 Å². The number of nitrogens with one attached hydrogen (secondary N) is 1. The number of hydrogen-bond acceptors (Lipinski definition) is 1. The van der Waals surface area contributed by atoms with Crippen LogP contribution in [-0.2, 0) is 4.79 Å². The molecule has 1 amide bonds. The molecular weight excluding hydrogens is 150 g/mol. The molecule has 1 aromatic carbocycles. The van der Waals surface area contributed by atoms with Crippen LogP contribution in [0.3, 0.4) is 0 Å². The minimum atomic E-state index is -0.0409. The highest BCUT2D eigenvalue weighted by atomic mass is 16.1. The van der Waals surface area contributed by atoms with Crippen molar-refractivity contribution >= 4 is 11.6 Å². The Morgan fingerprint density at radius 3 is 2.67 bits per heavy atom. The lowest BCUT2D eigenvalue weighted by Gasteiger charge is -2.08. The van der Waals surface area contributed by atoms with Crippen molar-refractivity contribution < 1.29 is 4.79 Å². The first-order valence-electron chi connectivity index (χ1n) is 3.86. The molecule has 0 aliphatic rings. The van der Waals surface area contributed by atoms with Crippen LogP contribution < -0.4 is 5.32 Å². The summed E-state index contributed by atoms with van der Waals surface area (Å²) in [6, 6.07) is 6.82. The molecule has 0 aromatic heterocycles. The Hall–Kier alpha value is -1.31. The van der Waals surface area contributed by atoms with E-state index in [1.807, 2.05) is 26.0 Å². The maximum absolute atomic E-state index is 10.8. The molecule has 2 nitrogen and oxygen atoms in total. The van der Waals surface area contributed by atoms with Crippen LogP contribution in [0, 0.1) is 19.9 Å². The van der Waals surface area contributed by atoms with Gasteiger partial charge in [0, 0.05) is 12.6 Å². The molecule has 63 valence electrons. The number of anilines is 1. The Balaban J connectivity index is 3.04. The Labute approximate surface area is 72.6 Å². The van der Waals surface area contributed by atoms with E-state index in [1.165, 1.54) is 6.92 Å². The van der Waals surface area contributed by atoms with Crippen LogP contribution in [0.2, 0.25) is 0 Å². The van der Waals surface area contributed by atoms with Crippen LogP contribution in [0.15, 0.2) is 12.1 Å². The van der Waals surface area contributed by atoms with E-state index < -0.39 is 0 Å². The zero-order valence-corrected chi connectivity index (χ0v) is 7.56. The fourth-order valence-corrected chi connectivity index (χ4v) is 1.11. The smallest absolute Gasteiger partial charge is 0.221 e. The van der Waals surface area contributed by atoms with E-state index in [0.717, 1.165) is 16.8 Å². The van der Waals surface area contributed by atoms with Crippen LogP contribution in [0.1, 0.15) is 18.1 Å². The van der Waals surface area contributed by atoms with Crippen molar-refractivity contribution in [2.45, 2.75) is 20.8 Å². The highest BCUT2D eigenvalue weighted by Gasteiger charge is 2.02. The number of aryl methyl sites for hydroxylation is 2. The molecule has 1 aromatic rings. The van der Waals surface area contributed by atoms with Gasteiger partial charge in [0.15, 0.2) is 0 Å². The standard InChI is InChI=1S/C10H12NO/c1-7-5-4-6-8(2)10(7)11-9(3)12/h4-5H,1-3H3,(H,11,12). The fraction of sp³-hybridized carbons (Fsp3) is 0.300. The summed E-state index contributed by atoms with van der Waals surface area (Å²) >= 11 is 0. The van der Waals surface area contributed by atoms with Crippen LogP contribution in [-0.4, -0.2) is 5.91 Å². The van der Waals surface area contributed by atoms with Crippen molar-refractivity contribution in [3.8, 4) is 0 Å². The second-order valence-corrected chi connectivity index (χ2v) is 2.84. The molecule has 12 heavy (non-hydrogen) atoms. The van der Waals surface area contributed by atoms with E-state index in [9.17, 15) is 4.79 Å². The average Bonchev–Trinajstić information content (AvgIpc) is 1.97. The minimum Gasteiger partial charge on any atom is -0.326 e. The molecule has 0 heterocycles. The zero-order chi connectivity index (χ0) is 9.14. The maximum atomic E-state index is 10.8. The van der Waals surface area contributed by atoms with E-state index in [1.54, 1.807) is 0 Å². The molecule has 0 atom stereocenters. The quantitative estimate of drug-likeness (QED) is 0.672. The van der Waals surface area contributed by atoms with E-state index in [2.05, 4.69) is 11.4 Å². The molecule has 1 rings (SSSR count). The van der Waals surface area contributed by atoms with Gasteiger partial charge >= 0.3 is 0 Å². The molecule has 0 fully saturated rings. The lowest BCUT2D eigenvalue weighted by atomic mass is 10.1. The summed E-state index contributed by atoms with van der Waals surface area (Å²) < 4.78 is 0. The highest BCUT2D eigenvalue weighted by molar-refractivity contribution is 5.90. The SMILES string of the molecule is CC(=O)Nc1c(C)[c]ccc1C. The third kappa shape index (κ3) is 1.84. The molecule has 0 aliphatic carbocycles. The number of benzene rings is 1. The summed E-state index contributed by atoms with van der Waals surface area (Å²) in [7, 11) is 0. The highest BCUT2D eigenvalue weighted by Crippen LogP contribution is 2.18. The summed E-state index contributed by atoms with van der Waals surface area (Å²) in [4.78, 5) is 10.8. The van der Waals surface area contributed by atoms with Crippen LogP contribution in [0.4, 0.5) is 5.69 Å². The van der Waals surface area contributed by atoms with Crippen molar-refractivity contribution in [3.63, 3.8) is 0 Å². The first-order valence-corrected chi connectivity index (χ1v) is 3.86. The second-order valence-electron chi connectivity index (χ2n) is 2.84. The van der Waals surface area contributed by atoms with Gasteiger partial charge in [-0.15, -0.1) is 0 Å². The summed E-state index contributed by atoms with van der Waals surface area (Å²) in [6.45, 7) is 5.40. The lowest BCUT2D eigenvalue weighted by Crippen LogP contribution is -2.08. The van der Waals surface area contributed by atoms with Crippen LogP contribution in [0.25, 0.3) is 0 Å². The summed E-state index contributed by atoms with van der Waals surface area (Å²) in [5.41, 5.74) is 2.93. The molecule has 0 unspecified atom stereocenters. The average molecular weight is 162 g/mol. The summed E-state index contributed by atoms with van der Waals surface area (Å²) in [5.74, 6) is -0.0409. The lowest BCUT2D eigenvalue weighted by molar-refractivity contribution is -0.114. The van der Waals surface area contributed by atoms with Crippen molar-refractivity contribution in [2.75, 3.05) is 5.32 Å². The Kier molecular flexibility index (Phi) is 2.48. The van der Waals surface area contributed by atoms with Gasteiger partial charge in [-0.3, -0.25) is 4.79 Å². The Bertz CT molecular complexity index is 284. The molecule has 0 saturated carbocycles. The third-order valence-electron chi connectivity index (χ3n) is 1.70. The molecule has 0 bridgehead atoms. The van der Waals surface area contributed by atoms with Crippen molar-refractivity contribution in [1.82, 2.24) is 0 Å². The third-order valence-corrected chi connectivity index (χ3v) is 1.70. The van der Waals surface area contributed by atoms with Gasteiger partial charge in [-0.05, 0) is 31.0 Å². The normalized spacial score (nSPS) is 9.58. The fourth-order valence-electron chi connectivity index (χ4n) is 1.11. The van der Waals surface area contributed by atoms with E-state index in [0.29, 0.717) is 0 Å². The van der Waals surface area contributed by atoms with Gasteiger partial charge in [0.05, 0.1) is 0 Å². The number of amides is 1. The summed E-state index contributed by atoms with van der Waals surface area (Å²) in [6.07, 6.45) is 0. The predicted molar refractivity (Wildman–Crippen MR) is 49.1 cm³/mol. The number of carbonyl (C=O) groups excluding carboxylic acids is 1. The number of carbonyl (C=O) groups is 1. The molecule has 0 aliphatic heterocycles. The second kappa shape index (κ2) is 3.39. The molecule has 1 N–H and O–H groups in total. The van der Waals surface area contributed by atoms with E-state index in [4.69, 9.17) is 0 Å². The molecular formula is C10H12NO. The van der Waals surface area contributed by atoms with E-state index in [-0.39, 0.29) is 5.91 Å². The largest absolute Gasteiger partial charge is 0.326 e. The maximum Gasteiger partial charge on any atom is 0.221 e. The molecule has 2 heteroatoms. The first kappa shape index (κ1) is 8.78. The van der Waals surface area contributed by atoms with Gasteiger partial charge in [-0.25, -0.2) is 0 Å². The summed E-state index contributed by atoms with van der Waals surface area (Å²) in [5, 5.41) is 2.77. The Morgan fingerprint density at radius 1 is 1.50 bits per heavy atom. The van der Waals surface area contributed by atoms with E-state index >= 15 is 0 Å². The minimum absolute atomic E-state index is 0.0409. The molecule has 0 saturated heterocycles. The van der Waals surface area contributed by atoms with Gasteiger partial charge in [-0.1, -0.05) is 12.1 Å². The number of hydrogen-bond donors (Lipinski definition) is 1. The topological polar surface area (TPSA) is 29.1 Å². The van der Waals surface area contributed by atoms with Gasteiger partial charge in [0.25, 0.3) is 0 Å². The molecule has 1 radical (unpaired) electrons. The zero-order valence-electron chi connectivity index (χ0n) is 7.56. The molecule has 0 spiro atoms. The van der Waals surface area contributed by atoms with Crippen molar-refractivity contribution in [1.29, 1.82) is 0 Å². The van der Waals surface area contributed by atoms with Crippen LogP contribution in [0.5, 0.6) is 0 Å². The van der Waals surface area contributed by atoms with Crippen molar-refractivity contribution in [3.05, 3.63) is 29.3 Å². The first-order chi connectivity index (χ1) is 5.61.